The Bertz CT molecular complexity index is 1040. The van der Waals surface area contributed by atoms with Gasteiger partial charge in [0.1, 0.15) is 0 Å². The molecule has 0 aliphatic heterocycles. The van der Waals surface area contributed by atoms with Crippen molar-refractivity contribution in [3.63, 3.8) is 0 Å². The molecule has 1 heterocycles. The summed E-state index contributed by atoms with van der Waals surface area (Å²) < 4.78 is 5.06. The second kappa shape index (κ2) is 4.60. The van der Waals surface area contributed by atoms with Crippen LogP contribution in [0.3, 0.4) is 0 Å². The number of nitrogens with one attached hydrogen (secondary N) is 1. The lowest BCUT2D eigenvalue weighted by Gasteiger charge is -2.10. The highest BCUT2D eigenvalue weighted by Crippen LogP contribution is 2.37. The van der Waals surface area contributed by atoms with Gasteiger partial charge < -0.3 is 9.72 Å². The van der Waals surface area contributed by atoms with E-state index >= 15 is 0 Å². The molecular weight excluding hydrogens is 274 g/mol. The van der Waals surface area contributed by atoms with Crippen molar-refractivity contribution in [1.82, 2.24) is 4.98 Å². The fourth-order valence-electron chi connectivity index (χ4n) is 3.29. The minimum absolute atomic E-state index is 0.300. The van der Waals surface area contributed by atoms with Gasteiger partial charge in [-0.3, -0.25) is 0 Å². The summed E-state index contributed by atoms with van der Waals surface area (Å²) in [6.07, 6.45) is 0. The average molecular weight is 289 g/mol. The number of para-hydroxylation sites is 1. The van der Waals surface area contributed by atoms with Gasteiger partial charge in [-0.1, -0.05) is 42.5 Å². The molecule has 4 aromatic rings. The number of methoxy groups -OCH3 is 1. The monoisotopic (exact) mass is 289 g/mol. The van der Waals surface area contributed by atoms with Crippen LogP contribution in [-0.2, 0) is 4.74 Å². The highest BCUT2D eigenvalue weighted by atomic mass is 16.5. The first-order chi connectivity index (χ1) is 10.7. The van der Waals surface area contributed by atoms with Gasteiger partial charge in [-0.2, -0.15) is 0 Å². The van der Waals surface area contributed by atoms with E-state index in [0.717, 1.165) is 38.1 Å². The van der Waals surface area contributed by atoms with Gasteiger partial charge in [-0.05, 0) is 29.3 Å². The number of carbonyl (C=O) groups excluding carboxylic acids is 1. The van der Waals surface area contributed by atoms with Crippen LogP contribution < -0.4 is 0 Å². The number of esters is 1. The SMILES string of the molecule is COC(=O)c1c2ccccc2c(C)c2[nH]c3ccccc3c12. The van der Waals surface area contributed by atoms with E-state index in [0.29, 0.717) is 5.56 Å². The van der Waals surface area contributed by atoms with Gasteiger partial charge in [-0.25, -0.2) is 4.79 Å². The molecule has 0 saturated carbocycles. The highest BCUT2D eigenvalue weighted by Gasteiger charge is 2.20. The van der Waals surface area contributed by atoms with Crippen LogP contribution in [0.5, 0.6) is 0 Å². The minimum Gasteiger partial charge on any atom is -0.465 e. The number of aromatic amines is 1. The predicted octanol–water partition coefficient (Wildman–Crippen LogP) is 4.57. The zero-order valence-corrected chi connectivity index (χ0v) is 12.4. The number of hydrogen-bond donors (Lipinski definition) is 1. The molecule has 3 heteroatoms. The molecule has 0 saturated heterocycles. The van der Waals surface area contributed by atoms with E-state index in [-0.39, 0.29) is 5.97 Å². The molecule has 0 spiro atoms. The quantitative estimate of drug-likeness (QED) is 0.521. The largest absolute Gasteiger partial charge is 0.465 e. The molecule has 1 aromatic heterocycles. The summed E-state index contributed by atoms with van der Waals surface area (Å²) in [4.78, 5) is 15.9. The molecule has 0 radical (unpaired) electrons. The van der Waals surface area contributed by atoms with Gasteiger partial charge in [0.25, 0.3) is 0 Å². The van der Waals surface area contributed by atoms with Crippen LogP contribution in [0.4, 0.5) is 0 Å². The molecule has 1 N–H and O–H groups in total. The van der Waals surface area contributed by atoms with E-state index in [1.54, 1.807) is 0 Å². The lowest BCUT2D eigenvalue weighted by molar-refractivity contribution is 0.0605. The number of ether oxygens (including phenoxy) is 1. The van der Waals surface area contributed by atoms with Crippen LogP contribution in [0.15, 0.2) is 48.5 Å². The summed E-state index contributed by atoms with van der Waals surface area (Å²) in [6, 6.07) is 16.0. The number of hydrogen-bond acceptors (Lipinski definition) is 2. The van der Waals surface area contributed by atoms with Crippen molar-refractivity contribution in [2.75, 3.05) is 7.11 Å². The molecule has 22 heavy (non-hydrogen) atoms. The lowest BCUT2D eigenvalue weighted by atomic mass is 9.95. The van der Waals surface area contributed by atoms with E-state index < -0.39 is 0 Å². The third kappa shape index (κ3) is 1.59. The average Bonchev–Trinajstić information content (AvgIpc) is 2.95. The number of benzene rings is 3. The number of aryl methyl sites for hydroxylation is 1. The predicted molar refractivity (Wildman–Crippen MR) is 89.4 cm³/mol. The van der Waals surface area contributed by atoms with Crippen molar-refractivity contribution in [1.29, 1.82) is 0 Å². The number of H-pyrrole nitrogens is 1. The Kier molecular flexibility index (Phi) is 2.70. The molecule has 0 aliphatic carbocycles. The third-order valence-corrected chi connectivity index (χ3v) is 4.32. The van der Waals surface area contributed by atoms with E-state index in [9.17, 15) is 4.79 Å². The van der Waals surface area contributed by atoms with Crippen molar-refractivity contribution in [2.24, 2.45) is 0 Å². The van der Waals surface area contributed by atoms with Gasteiger partial charge in [0.15, 0.2) is 0 Å². The zero-order valence-electron chi connectivity index (χ0n) is 12.4. The minimum atomic E-state index is -0.300. The summed E-state index contributed by atoms with van der Waals surface area (Å²) >= 11 is 0. The number of carbonyl (C=O) groups is 1. The smallest absolute Gasteiger partial charge is 0.339 e. The van der Waals surface area contributed by atoms with Gasteiger partial charge in [-0.15, -0.1) is 0 Å². The maximum absolute atomic E-state index is 12.5. The van der Waals surface area contributed by atoms with E-state index in [2.05, 4.69) is 11.9 Å². The molecule has 0 unspecified atom stereocenters. The van der Waals surface area contributed by atoms with Gasteiger partial charge in [0.05, 0.1) is 18.2 Å². The van der Waals surface area contributed by atoms with Crippen LogP contribution >= 0.6 is 0 Å². The Labute approximate surface area is 127 Å². The van der Waals surface area contributed by atoms with Crippen molar-refractivity contribution in [3.8, 4) is 0 Å². The lowest BCUT2D eigenvalue weighted by Crippen LogP contribution is -2.04. The Balaban J connectivity index is 2.36. The fraction of sp³-hybridized carbons (Fsp3) is 0.105. The maximum atomic E-state index is 12.5. The second-order valence-electron chi connectivity index (χ2n) is 5.46. The van der Waals surface area contributed by atoms with E-state index in [1.807, 2.05) is 48.5 Å². The normalized spacial score (nSPS) is 11.4. The molecular formula is C19H15NO2. The van der Waals surface area contributed by atoms with E-state index in [1.165, 1.54) is 7.11 Å². The Morgan fingerprint density at radius 3 is 2.32 bits per heavy atom. The molecule has 4 rings (SSSR count). The van der Waals surface area contributed by atoms with Crippen LogP contribution in [0, 0.1) is 6.92 Å². The number of fused-ring (bicyclic) bond motifs is 4. The Morgan fingerprint density at radius 2 is 1.59 bits per heavy atom. The summed E-state index contributed by atoms with van der Waals surface area (Å²) in [5.41, 5.74) is 3.81. The van der Waals surface area contributed by atoms with Crippen molar-refractivity contribution in [3.05, 3.63) is 59.7 Å². The highest BCUT2D eigenvalue weighted by molar-refractivity contribution is 6.25. The van der Waals surface area contributed by atoms with Crippen LogP contribution in [0.1, 0.15) is 15.9 Å². The summed E-state index contributed by atoms with van der Waals surface area (Å²) in [6.45, 7) is 2.08. The molecule has 0 atom stereocenters. The topological polar surface area (TPSA) is 42.1 Å². The first-order valence-corrected chi connectivity index (χ1v) is 7.22. The summed E-state index contributed by atoms with van der Waals surface area (Å²) in [5, 5.41) is 4.00. The number of rotatable bonds is 1. The van der Waals surface area contributed by atoms with Crippen molar-refractivity contribution in [2.45, 2.75) is 6.92 Å². The van der Waals surface area contributed by atoms with Crippen molar-refractivity contribution >= 4 is 38.5 Å². The van der Waals surface area contributed by atoms with Crippen LogP contribution in [0.25, 0.3) is 32.6 Å². The second-order valence-corrected chi connectivity index (χ2v) is 5.46. The maximum Gasteiger partial charge on any atom is 0.339 e. The van der Waals surface area contributed by atoms with Crippen molar-refractivity contribution < 1.29 is 9.53 Å². The third-order valence-electron chi connectivity index (χ3n) is 4.32. The molecule has 0 aliphatic rings. The van der Waals surface area contributed by atoms with Gasteiger partial charge in [0, 0.05) is 16.3 Å². The van der Waals surface area contributed by atoms with Gasteiger partial charge >= 0.3 is 5.97 Å². The molecule has 0 bridgehead atoms. The fourth-order valence-corrected chi connectivity index (χ4v) is 3.29. The Hall–Kier alpha value is -2.81. The van der Waals surface area contributed by atoms with Crippen LogP contribution in [0.2, 0.25) is 0 Å². The molecule has 0 fully saturated rings. The molecule has 108 valence electrons. The molecule has 0 amide bonds. The molecule has 3 aromatic carbocycles. The van der Waals surface area contributed by atoms with E-state index in [4.69, 9.17) is 4.74 Å². The molecule has 3 nitrogen and oxygen atoms in total. The standard InChI is InChI=1S/C19H15NO2/c1-11-12-7-3-4-8-13(12)17(19(21)22-2)16-14-9-5-6-10-15(14)20-18(11)16/h3-10,20H,1-2H3. The van der Waals surface area contributed by atoms with Gasteiger partial charge in [0.2, 0.25) is 0 Å². The first-order valence-electron chi connectivity index (χ1n) is 7.22. The summed E-state index contributed by atoms with van der Waals surface area (Å²) in [7, 11) is 1.43. The Morgan fingerprint density at radius 1 is 0.955 bits per heavy atom. The summed E-state index contributed by atoms with van der Waals surface area (Å²) in [5.74, 6) is -0.300. The zero-order chi connectivity index (χ0) is 15.3. The van der Waals surface area contributed by atoms with Crippen LogP contribution in [-0.4, -0.2) is 18.1 Å². The first kappa shape index (κ1) is 12.9. The number of aromatic nitrogens is 1.